The fourth-order valence-corrected chi connectivity index (χ4v) is 2.64. The van der Waals surface area contributed by atoms with E-state index in [1.165, 1.54) is 11.1 Å². The molecule has 22 heavy (non-hydrogen) atoms. The van der Waals surface area contributed by atoms with Crippen molar-refractivity contribution in [3.8, 4) is 0 Å². The van der Waals surface area contributed by atoms with Crippen LogP contribution in [0.2, 0.25) is 0 Å². The van der Waals surface area contributed by atoms with Crippen molar-refractivity contribution in [2.75, 3.05) is 0 Å². The summed E-state index contributed by atoms with van der Waals surface area (Å²) in [7, 11) is 0. The van der Waals surface area contributed by atoms with Gasteiger partial charge in [-0.1, -0.05) is 79.7 Å². The van der Waals surface area contributed by atoms with Gasteiger partial charge in [-0.15, -0.1) is 0 Å². The zero-order valence-corrected chi connectivity index (χ0v) is 13.4. The van der Waals surface area contributed by atoms with E-state index in [4.69, 9.17) is 0 Å². The predicted molar refractivity (Wildman–Crippen MR) is 93.9 cm³/mol. The molecule has 0 saturated heterocycles. The molecule has 0 saturated carbocycles. The Kier molecular flexibility index (Phi) is 6.42. The maximum absolute atomic E-state index is 11.0. The van der Waals surface area contributed by atoms with E-state index in [1.807, 2.05) is 18.2 Å². The fourth-order valence-electron chi connectivity index (χ4n) is 2.64. The number of rotatable bonds is 8. The molecule has 0 unspecified atom stereocenters. The van der Waals surface area contributed by atoms with Gasteiger partial charge in [0.15, 0.2) is 0 Å². The van der Waals surface area contributed by atoms with Gasteiger partial charge in [0, 0.05) is 0 Å². The van der Waals surface area contributed by atoms with Gasteiger partial charge in [0.2, 0.25) is 0 Å². The van der Waals surface area contributed by atoms with Crippen molar-refractivity contribution in [2.45, 2.75) is 44.6 Å². The lowest BCUT2D eigenvalue weighted by atomic mass is 9.88. The van der Waals surface area contributed by atoms with Crippen LogP contribution in [0.3, 0.4) is 0 Å². The monoisotopic (exact) mass is 294 g/mol. The van der Waals surface area contributed by atoms with Crippen LogP contribution in [0.1, 0.15) is 37.3 Å². The average Bonchev–Trinajstić information content (AvgIpc) is 2.59. The van der Waals surface area contributed by atoms with Crippen molar-refractivity contribution in [3.05, 3.63) is 83.9 Å². The van der Waals surface area contributed by atoms with E-state index >= 15 is 0 Å². The molecular formula is C21H26O. The molecule has 0 aromatic heterocycles. The molecule has 0 amide bonds. The highest BCUT2D eigenvalue weighted by Crippen LogP contribution is 2.23. The number of benzene rings is 2. The van der Waals surface area contributed by atoms with E-state index in [-0.39, 0.29) is 0 Å². The molecule has 0 radical (unpaired) electrons. The molecule has 2 aromatic rings. The maximum atomic E-state index is 11.0. The summed E-state index contributed by atoms with van der Waals surface area (Å²) >= 11 is 0. The van der Waals surface area contributed by atoms with Crippen molar-refractivity contribution in [3.63, 3.8) is 0 Å². The quantitative estimate of drug-likeness (QED) is 0.683. The first kappa shape index (κ1) is 16.5. The van der Waals surface area contributed by atoms with Crippen LogP contribution in [0.5, 0.6) is 0 Å². The highest BCUT2D eigenvalue weighted by atomic mass is 16.3. The molecule has 1 heteroatoms. The first-order valence-corrected chi connectivity index (χ1v) is 8.20. The predicted octanol–water partition coefficient (Wildman–Crippen LogP) is 4.95. The lowest BCUT2D eigenvalue weighted by Crippen LogP contribution is -2.27. The van der Waals surface area contributed by atoms with Crippen LogP contribution < -0.4 is 0 Å². The molecule has 0 bridgehead atoms. The summed E-state index contributed by atoms with van der Waals surface area (Å²) in [6, 6.07) is 20.8. The maximum Gasteiger partial charge on any atom is 0.0834 e. The molecule has 1 N–H and O–H groups in total. The molecule has 1 nitrogen and oxygen atoms in total. The van der Waals surface area contributed by atoms with E-state index in [0.29, 0.717) is 0 Å². The molecule has 0 aliphatic carbocycles. The highest BCUT2D eigenvalue weighted by Gasteiger charge is 2.22. The second-order valence-corrected chi connectivity index (χ2v) is 5.89. The van der Waals surface area contributed by atoms with Gasteiger partial charge in [-0.2, -0.15) is 0 Å². The molecule has 0 atom stereocenters. The first-order valence-electron chi connectivity index (χ1n) is 8.20. The first-order chi connectivity index (χ1) is 10.7. The molecule has 0 aliphatic heterocycles. The Morgan fingerprint density at radius 3 is 1.68 bits per heavy atom. The highest BCUT2D eigenvalue weighted by molar-refractivity contribution is 5.18. The van der Waals surface area contributed by atoms with Crippen LogP contribution in [0.4, 0.5) is 0 Å². The average molecular weight is 294 g/mol. The smallest absolute Gasteiger partial charge is 0.0834 e. The Labute approximate surface area is 134 Å². The lowest BCUT2D eigenvalue weighted by Gasteiger charge is -2.25. The molecule has 0 aliphatic rings. The normalized spacial score (nSPS) is 11.9. The number of hydrogen-bond donors (Lipinski definition) is 1. The van der Waals surface area contributed by atoms with Crippen molar-refractivity contribution >= 4 is 0 Å². The molecule has 0 heterocycles. The zero-order chi connectivity index (χ0) is 15.7. The van der Waals surface area contributed by atoms with Crippen LogP contribution in [-0.2, 0) is 12.8 Å². The number of aliphatic hydroxyl groups is 1. The van der Waals surface area contributed by atoms with Gasteiger partial charge in [0.1, 0.15) is 0 Å². The Balaban J connectivity index is 1.98. The largest absolute Gasteiger partial charge is 0.386 e. The fraction of sp³-hybridized carbons (Fsp3) is 0.333. The number of hydrogen-bond acceptors (Lipinski definition) is 1. The summed E-state index contributed by atoms with van der Waals surface area (Å²) in [4.78, 5) is 0. The molecule has 0 spiro atoms. The summed E-state index contributed by atoms with van der Waals surface area (Å²) < 4.78 is 0. The molecule has 2 rings (SSSR count). The number of allylic oxidation sites excluding steroid dienone is 1. The summed E-state index contributed by atoms with van der Waals surface area (Å²) in [6.07, 6.45) is 8.37. The van der Waals surface area contributed by atoms with E-state index in [0.717, 1.165) is 32.1 Å². The summed E-state index contributed by atoms with van der Waals surface area (Å²) in [6.45, 7) is 2.10. The molecule has 2 aromatic carbocycles. The van der Waals surface area contributed by atoms with Crippen LogP contribution in [0, 0.1) is 0 Å². The third kappa shape index (κ3) is 5.50. The van der Waals surface area contributed by atoms with E-state index in [9.17, 15) is 5.11 Å². The third-order valence-corrected chi connectivity index (χ3v) is 4.04. The topological polar surface area (TPSA) is 20.2 Å². The van der Waals surface area contributed by atoms with Crippen LogP contribution in [-0.4, -0.2) is 10.7 Å². The standard InChI is InChI=1S/C21H26O/c1-2-3-16-21(22,17-14-19-10-6-4-7-11-19)18-15-20-12-8-5-9-13-20/h3-13,16,22H,2,14-15,17-18H2,1H3/b16-3+. The third-order valence-electron chi connectivity index (χ3n) is 4.04. The van der Waals surface area contributed by atoms with Crippen molar-refractivity contribution in [1.29, 1.82) is 0 Å². The summed E-state index contributed by atoms with van der Waals surface area (Å²) in [5.41, 5.74) is 1.85. The van der Waals surface area contributed by atoms with Gasteiger partial charge in [-0.3, -0.25) is 0 Å². The van der Waals surface area contributed by atoms with Gasteiger partial charge in [-0.25, -0.2) is 0 Å². The second-order valence-electron chi connectivity index (χ2n) is 5.89. The van der Waals surface area contributed by atoms with E-state index < -0.39 is 5.60 Å². The Bertz CT molecular complexity index is 513. The van der Waals surface area contributed by atoms with Gasteiger partial charge in [0.25, 0.3) is 0 Å². The van der Waals surface area contributed by atoms with Crippen molar-refractivity contribution in [1.82, 2.24) is 0 Å². The van der Waals surface area contributed by atoms with Gasteiger partial charge in [-0.05, 0) is 43.2 Å². The van der Waals surface area contributed by atoms with E-state index in [1.54, 1.807) is 0 Å². The lowest BCUT2D eigenvalue weighted by molar-refractivity contribution is 0.0725. The minimum Gasteiger partial charge on any atom is -0.386 e. The molecule has 116 valence electrons. The Morgan fingerprint density at radius 2 is 1.27 bits per heavy atom. The minimum atomic E-state index is -0.721. The summed E-state index contributed by atoms with van der Waals surface area (Å²) in [5.74, 6) is 0. The molecule has 0 fully saturated rings. The van der Waals surface area contributed by atoms with Crippen molar-refractivity contribution < 1.29 is 5.11 Å². The molecular weight excluding hydrogens is 268 g/mol. The van der Waals surface area contributed by atoms with Gasteiger partial charge in [0.05, 0.1) is 5.60 Å². The van der Waals surface area contributed by atoms with Crippen LogP contribution >= 0.6 is 0 Å². The van der Waals surface area contributed by atoms with Crippen LogP contribution in [0.15, 0.2) is 72.8 Å². The SMILES string of the molecule is CC/C=C/C(O)(CCc1ccccc1)CCc1ccccc1. The zero-order valence-electron chi connectivity index (χ0n) is 13.4. The Morgan fingerprint density at radius 1 is 0.818 bits per heavy atom. The minimum absolute atomic E-state index is 0.721. The van der Waals surface area contributed by atoms with Gasteiger partial charge >= 0.3 is 0 Å². The number of aryl methyl sites for hydroxylation is 2. The van der Waals surface area contributed by atoms with Gasteiger partial charge < -0.3 is 5.11 Å². The van der Waals surface area contributed by atoms with Crippen molar-refractivity contribution in [2.24, 2.45) is 0 Å². The van der Waals surface area contributed by atoms with Crippen LogP contribution in [0.25, 0.3) is 0 Å². The Hall–Kier alpha value is -1.86. The summed E-state index contributed by atoms with van der Waals surface area (Å²) in [5, 5.41) is 11.0. The second kappa shape index (κ2) is 8.55. The van der Waals surface area contributed by atoms with E-state index in [2.05, 4.69) is 61.5 Å².